The highest BCUT2D eigenvalue weighted by Crippen LogP contribution is 2.34. The minimum Gasteiger partial charge on any atom is -0.373 e. The first-order valence-electron chi connectivity index (χ1n) is 5.93. The molecule has 0 aromatic heterocycles. The third kappa shape index (κ3) is 2.82. The summed E-state index contributed by atoms with van der Waals surface area (Å²) in [4.78, 5) is 0. The van der Waals surface area contributed by atoms with E-state index in [-0.39, 0.29) is 17.8 Å². The lowest BCUT2D eigenvalue weighted by Crippen LogP contribution is -2.30. The third-order valence-electron chi connectivity index (χ3n) is 3.18. The molecular formula is C13H17F2NO. The van der Waals surface area contributed by atoms with Crippen molar-refractivity contribution in [1.29, 1.82) is 0 Å². The van der Waals surface area contributed by atoms with Gasteiger partial charge in [0, 0.05) is 24.6 Å². The summed E-state index contributed by atoms with van der Waals surface area (Å²) < 4.78 is 32.5. The van der Waals surface area contributed by atoms with Crippen LogP contribution < -0.4 is 5.32 Å². The maximum absolute atomic E-state index is 13.7. The van der Waals surface area contributed by atoms with Gasteiger partial charge in [-0.05, 0) is 38.1 Å². The fraction of sp³-hybridized carbons (Fsp3) is 0.538. The minimum absolute atomic E-state index is 0.199. The summed E-state index contributed by atoms with van der Waals surface area (Å²) in [5, 5.41) is 3.08. The van der Waals surface area contributed by atoms with E-state index in [0.717, 1.165) is 25.5 Å². The van der Waals surface area contributed by atoms with Crippen molar-refractivity contribution in [2.45, 2.75) is 18.9 Å². The third-order valence-corrected chi connectivity index (χ3v) is 3.18. The number of halogens is 2. The molecule has 94 valence electrons. The van der Waals surface area contributed by atoms with Crippen molar-refractivity contribution < 1.29 is 13.5 Å². The molecule has 4 heteroatoms. The Morgan fingerprint density at radius 2 is 2.24 bits per heavy atom. The van der Waals surface area contributed by atoms with Crippen molar-refractivity contribution in [1.82, 2.24) is 5.32 Å². The first-order valence-corrected chi connectivity index (χ1v) is 5.93. The van der Waals surface area contributed by atoms with Crippen LogP contribution in [0.15, 0.2) is 18.2 Å². The number of rotatable bonds is 3. The molecular weight excluding hydrogens is 224 g/mol. The molecule has 1 aliphatic rings. The van der Waals surface area contributed by atoms with E-state index < -0.39 is 5.82 Å². The Kier molecular flexibility index (Phi) is 4.07. The van der Waals surface area contributed by atoms with Gasteiger partial charge in [0.2, 0.25) is 0 Å². The van der Waals surface area contributed by atoms with Crippen LogP contribution in [0.1, 0.15) is 24.5 Å². The highest BCUT2D eigenvalue weighted by molar-refractivity contribution is 5.22. The molecule has 17 heavy (non-hydrogen) atoms. The van der Waals surface area contributed by atoms with Crippen LogP contribution in [0.3, 0.4) is 0 Å². The topological polar surface area (TPSA) is 21.3 Å². The normalized spacial score (nSPS) is 24.9. The van der Waals surface area contributed by atoms with Crippen molar-refractivity contribution in [3.63, 3.8) is 0 Å². The molecule has 2 unspecified atom stereocenters. The van der Waals surface area contributed by atoms with Crippen LogP contribution >= 0.6 is 0 Å². The average molecular weight is 241 g/mol. The largest absolute Gasteiger partial charge is 0.373 e. The lowest BCUT2D eigenvalue weighted by molar-refractivity contribution is -0.0293. The van der Waals surface area contributed by atoms with Crippen molar-refractivity contribution in [2.24, 2.45) is 5.92 Å². The Morgan fingerprint density at radius 1 is 1.41 bits per heavy atom. The van der Waals surface area contributed by atoms with Crippen LogP contribution in [-0.4, -0.2) is 20.2 Å². The minimum atomic E-state index is -0.418. The van der Waals surface area contributed by atoms with E-state index in [1.165, 1.54) is 12.1 Å². The second-order valence-electron chi connectivity index (χ2n) is 4.42. The molecule has 2 atom stereocenters. The van der Waals surface area contributed by atoms with Crippen molar-refractivity contribution in [2.75, 3.05) is 20.2 Å². The molecule has 0 bridgehead atoms. The summed E-state index contributed by atoms with van der Waals surface area (Å²) in [5.74, 6) is -0.608. The Bertz CT molecular complexity index is 382. The molecule has 1 aromatic rings. The zero-order valence-corrected chi connectivity index (χ0v) is 9.88. The van der Waals surface area contributed by atoms with Crippen LogP contribution in [0, 0.1) is 17.6 Å². The van der Waals surface area contributed by atoms with E-state index >= 15 is 0 Å². The summed E-state index contributed by atoms with van der Waals surface area (Å²) in [7, 11) is 1.85. The molecule has 1 saturated heterocycles. The van der Waals surface area contributed by atoms with Gasteiger partial charge in [0.15, 0.2) is 0 Å². The van der Waals surface area contributed by atoms with Gasteiger partial charge >= 0.3 is 0 Å². The summed E-state index contributed by atoms with van der Waals surface area (Å²) in [6.45, 7) is 1.36. The average Bonchev–Trinajstić information content (AvgIpc) is 2.34. The zero-order valence-electron chi connectivity index (χ0n) is 9.88. The molecule has 0 saturated carbocycles. The predicted molar refractivity (Wildman–Crippen MR) is 61.7 cm³/mol. The molecule has 0 aliphatic carbocycles. The number of hydrogen-bond acceptors (Lipinski definition) is 2. The van der Waals surface area contributed by atoms with Gasteiger partial charge in [0.05, 0.1) is 6.10 Å². The molecule has 2 rings (SSSR count). The van der Waals surface area contributed by atoms with E-state index in [1.54, 1.807) is 0 Å². The van der Waals surface area contributed by atoms with Crippen LogP contribution in [0.4, 0.5) is 8.78 Å². The quantitative estimate of drug-likeness (QED) is 0.878. The zero-order chi connectivity index (χ0) is 12.3. The molecule has 0 spiro atoms. The van der Waals surface area contributed by atoms with E-state index in [4.69, 9.17) is 4.74 Å². The first kappa shape index (κ1) is 12.5. The van der Waals surface area contributed by atoms with Crippen molar-refractivity contribution in [3.8, 4) is 0 Å². The summed E-state index contributed by atoms with van der Waals surface area (Å²) in [6, 6.07) is 3.54. The standard InChI is InChI=1S/C13H17F2NO/c1-16-8-9-3-2-6-17-13(9)11-7-10(14)4-5-12(11)15/h4-5,7,9,13,16H,2-3,6,8H2,1H3. The van der Waals surface area contributed by atoms with Gasteiger partial charge in [-0.25, -0.2) is 8.78 Å². The highest BCUT2D eigenvalue weighted by atomic mass is 19.1. The van der Waals surface area contributed by atoms with Crippen molar-refractivity contribution >= 4 is 0 Å². The predicted octanol–water partition coefficient (Wildman–Crippen LogP) is 2.65. The maximum atomic E-state index is 13.7. The van der Waals surface area contributed by atoms with Gasteiger partial charge in [-0.1, -0.05) is 0 Å². The van der Waals surface area contributed by atoms with Gasteiger partial charge in [-0.3, -0.25) is 0 Å². The smallest absolute Gasteiger partial charge is 0.129 e. The van der Waals surface area contributed by atoms with Crippen molar-refractivity contribution in [3.05, 3.63) is 35.4 Å². The molecule has 1 aliphatic heterocycles. The molecule has 1 aromatic carbocycles. The SMILES string of the molecule is CNCC1CCCOC1c1cc(F)ccc1F. The Balaban J connectivity index is 2.25. The summed E-state index contributed by atoms with van der Waals surface area (Å²) >= 11 is 0. The number of benzene rings is 1. The fourth-order valence-corrected chi connectivity index (χ4v) is 2.39. The van der Waals surface area contributed by atoms with E-state index in [9.17, 15) is 8.78 Å². The van der Waals surface area contributed by atoms with E-state index in [1.807, 2.05) is 7.05 Å². The lowest BCUT2D eigenvalue weighted by atomic mass is 9.89. The number of nitrogens with one attached hydrogen (secondary N) is 1. The van der Waals surface area contributed by atoms with Gasteiger partial charge in [0.25, 0.3) is 0 Å². The van der Waals surface area contributed by atoms with Crippen LogP contribution in [0.2, 0.25) is 0 Å². The monoisotopic (exact) mass is 241 g/mol. The fourth-order valence-electron chi connectivity index (χ4n) is 2.39. The highest BCUT2D eigenvalue weighted by Gasteiger charge is 2.29. The van der Waals surface area contributed by atoms with E-state index in [2.05, 4.69) is 5.32 Å². The molecule has 0 radical (unpaired) electrons. The Hall–Kier alpha value is -1.00. The second kappa shape index (κ2) is 5.56. The first-order chi connectivity index (χ1) is 8.22. The second-order valence-corrected chi connectivity index (χ2v) is 4.42. The molecule has 2 nitrogen and oxygen atoms in total. The van der Waals surface area contributed by atoms with Crippen LogP contribution in [-0.2, 0) is 4.74 Å². The van der Waals surface area contributed by atoms with Gasteiger partial charge in [-0.2, -0.15) is 0 Å². The Morgan fingerprint density at radius 3 is 3.00 bits per heavy atom. The van der Waals surface area contributed by atoms with E-state index in [0.29, 0.717) is 12.2 Å². The molecule has 1 fully saturated rings. The molecule has 1 heterocycles. The molecule has 1 N–H and O–H groups in total. The summed E-state index contributed by atoms with van der Waals surface area (Å²) in [5.41, 5.74) is 0.338. The maximum Gasteiger partial charge on any atom is 0.129 e. The molecule has 0 amide bonds. The lowest BCUT2D eigenvalue weighted by Gasteiger charge is -2.32. The van der Waals surface area contributed by atoms with Crippen LogP contribution in [0.25, 0.3) is 0 Å². The number of ether oxygens (including phenoxy) is 1. The van der Waals surface area contributed by atoms with Gasteiger partial charge < -0.3 is 10.1 Å². The summed E-state index contributed by atoms with van der Waals surface area (Å²) in [6.07, 6.45) is 1.60. The van der Waals surface area contributed by atoms with Crippen LogP contribution in [0.5, 0.6) is 0 Å². The Labute approximate surface area is 100.0 Å². The van der Waals surface area contributed by atoms with Gasteiger partial charge in [0.1, 0.15) is 11.6 Å². The number of hydrogen-bond donors (Lipinski definition) is 1. The van der Waals surface area contributed by atoms with Gasteiger partial charge in [-0.15, -0.1) is 0 Å².